The molecule has 0 aliphatic carbocycles. The predicted octanol–water partition coefficient (Wildman–Crippen LogP) is 1.36. The van der Waals surface area contributed by atoms with E-state index in [1.165, 1.54) is 10.9 Å². The molecule has 0 fully saturated rings. The fourth-order valence-electron chi connectivity index (χ4n) is 2.06. The molecule has 0 radical (unpaired) electrons. The number of hydrogen-bond donors (Lipinski definition) is 1. The van der Waals surface area contributed by atoms with Gasteiger partial charge in [-0.15, -0.1) is 0 Å². The molecule has 0 saturated heterocycles. The number of nitro groups is 1. The molecular formula is C14H25N5O3. The molecule has 22 heavy (non-hydrogen) atoms. The van der Waals surface area contributed by atoms with Gasteiger partial charge in [0.2, 0.25) is 5.91 Å². The van der Waals surface area contributed by atoms with Gasteiger partial charge in [-0.1, -0.05) is 13.8 Å². The Labute approximate surface area is 130 Å². The van der Waals surface area contributed by atoms with E-state index in [-0.39, 0.29) is 17.6 Å². The number of aromatic nitrogens is 2. The fraction of sp³-hybridized carbons (Fsp3) is 0.714. The van der Waals surface area contributed by atoms with Gasteiger partial charge < -0.3 is 10.6 Å². The van der Waals surface area contributed by atoms with Crippen LogP contribution in [0.5, 0.6) is 0 Å². The Kier molecular flexibility index (Phi) is 5.65. The first-order valence-corrected chi connectivity index (χ1v) is 7.28. The molecule has 1 rings (SSSR count). The van der Waals surface area contributed by atoms with E-state index in [1.807, 2.05) is 13.8 Å². The number of rotatable bonds is 7. The predicted molar refractivity (Wildman–Crippen MR) is 83.3 cm³/mol. The fourth-order valence-corrected chi connectivity index (χ4v) is 2.06. The maximum absolute atomic E-state index is 12.6. The van der Waals surface area contributed by atoms with Gasteiger partial charge in [-0.2, -0.15) is 5.10 Å². The monoisotopic (exact) mass is 311 g/mol. The maximum atomic E-state index is 12.6. The second-order valence-electron chi connectivity index (χ2n) is 6.38. The van der Waals surface area contributed by atoms with E-state index >= 15 is 0 Å². The lowest BCUT2D eigenvalue weighted by molar-refractivity contribution is -0.385. The largest absolute Gasteiger partial charge is 0.344 e. The summed E-state index contributed by atoms with van der Waals surface area (Å²) in [5, 5.41) is 14.7. The van der Waals surface area contributed by atoms with E-state index in [0.717, 1.165) is 6.20 Å². The van der Waals surface area contributed by atoms with Gasteiger partial charge in [-0.05, 0) is 26.2 Å². The van der Waals surface area contributed by atoms with Gasteiger partial charge in [0.1, 0.15) is 17.9 Å². The van der Waals surface area contributed by atoms with Crippen LogP contribution in [0.1, 0.15) is 34.1 Å². The third kappa shape index (κ3) is 4.03. The zero-order valence-corrected chi connectivity index (χ0v) is 13.8. The minimum Gasteiger partial charge on any atom is -0.344 e. The van der Waals surface area contributed by atoms with Crippen LogP contribution in [-0.2, 0) is 10.3 Å². The highest BCUT2D eigenvalue weighted by Gasteiger charge is 2.34. The highest BCUT2D eigenvalue weighted by atomic mass is 16.6. The first-order chi connectivity index (χ1) is 10.1. The quantitative estimate of drug-likeness (QED) is 0.604. The second kappa shape index (κ2) is 6.87. The Bertz CT molecular complexity index is 538. The number of hydrogen-bond acceptors (Lipinski definition) is 5. The molecule has 0 aliphatic rings. The van der Waals surface area contributed by atoms with Gasteiger partial charge >= 0.3 is 5.69 Å². The molecule has 0 aromatic carbocycles. The summed E-state index contributed by atoms with van der Waals surface area (Å²) in [6.45, 7) is 7.99. The Morgan fingerprint density at radius 1 is 1.55 bits per heavy atom. The Balaban J connectivity index is 2.78. The van der Waals surface area contributed by atoms with E-state index in [4.69, 9.17) is 5.73 Å². The molecule has 1 aromatic heterocycles. The molecule has 2 N–H and O–H groups in total. The van der Waals surface area contributed by atoms with Crippen molar-refractivity contribution in [3.05, 3.63) is 22.5 Å². The van der Waals surface area contributed by atoms with Gasteiger partial charge in [-0.25, -0.2) is 0 Å². The van der Waals surface area contributed by atoms with Crippen LogP contribution >= 0.6 is 0 Å². The number of nitrogens with zero attached hydrogens (tertiary/aromatic N) is 4. The normalized spacial score (nSPS) is 13.2. The molecule has 8 nitrogen and oxygen atoms in total. The highest BCUT2D eigenvalue weighted by Crippen LogP contribution is 2.21. The summed E-state index contributed by atoms with van der Waals surface area (Å²) in [7, 11) is 1.70. The van der Waals surface area contributed by atoms with Crippen LogP contribution < -0.4 is 5.73 Å². The van der Waals surface area contributed by atoms with E-state index < -0.39 is 10.5 Å². The number of likely N-dealkylation sites (N-methyl/N-ethyl adjacent to an activating group) is 1. The van der Waals surface area contributed by atoms with Crippen molar-refractivity contribution in [2.24, 2.45) is 11.7 Å². The van der Waals surface area contributed by atoms with E-state index in [1.54, 1.807) is 25.8 Å². The first kappa shape index (κ1) is 18.1. The lowest BCUT2D eigenvalue weighted by Gasteiger charge is -2.30. The van der Waals surface area contributed by atoms with Gasteiger partial charge in [0.15, 0.2) is 0 Å². The van der Waals surface area contributed by atoms with Crippen molar-refractivity contribution in [1.82, 2.24) is 14.7 Å². The topological polar surface area (TPSA) is 107 Å². The zero-order valence-electron chi connectivity index (χ0n) is 13.8. The Morgan fingerprint density at radius 3 is 2.59 bits per heavy atom. The van der Waals surface area contributed by atoms with Crippen molar-refractivity contribution < 1.29 is 9.72 Å². The summed E-state index contributed by atoms with van der Waals surface area (Å²) < 4.78 is 1.33. The molecule has 124 valence electrons. The Morgan fingerprint density at radius 2 is 2.14 bits per heavy atom. The summed E-state index contributed by atoms with van der Waals surface area (Å²) in [4.78, 5) is 24.4. The van der Waals surface area contributed by atoms with Gasteiger partial charge in [0.25, 0.3) is 0 Å². The summed E-state index contributed by atoms with van der Waals surface area (Å²) in [6, 6.07) is 0.0316. The molecular weight excluding hydrogens is 286 g/mol. The molecule has 0 bridgehead atoms. The van der Waals surface area contributed by atoms with Gasteiger partial charge in [-0.3, -0.25) is 19.6 Å². The van der Waals surface area contributed by atoms with Crippen LogP contribution in [0.25, 0.3) is 0 Å². The SMILES string of the molecule is CC(C)C(N)CCN(C)C(=O)C(C)(C)n1cc([N+](=O)[O-])cn1. The van der Waals surface area contributed by atoms with Gasteiger partial charge in [0.05, 0.1) is 4.92 Å². The van der Waals surface area contributed by atoms with Crippen LogP contribution in [0.4, 0.5) is 5.69 Å². The molecule has 1 unspecified atom stereocenters. The average molecular weight is 311 g/mol. The minimum absolute atomic E-state index is 0.0316. The van der Waals surface area contributed by atoms with Crippen molar-refractivity contribution >= 4 is 11.6 Å². The molecule has 0 saturated carbocycles. The van der Waals surface area contributed by atoms with E-state index in [2.05, 4.69) is 5.10 Å². The standard InChI is InChI=1S/C14H25N5O3/c1-10(2)12(15)6-7-17(5)13(20)14(3,4)18-9-11(8-16-18)19(21)22/h8-10,12H,6-7,15H2,1-5H3. The molecule has 0 spiro atoms. The van der Waals surface area contributed by atoms with E-state index in [9.17, 15) is 14.9 Å². The average Bonchev–Trinajstić information content (AvgIpc) is 2.93. The summed E-state index contributed by atoms with van der Waals surface area (Å²) in [6.07, 6.45) is 3.12. The molecule has 1 heterocycles. The zero-order chi connectivity index (χ0) is 17.1. The number of nitrogens with two attached hydrogens (primary N) is 1. The number of amides is 1. The molecule has 0 aliphatic heterocycles. The van der Waals surface area contributed by atoms with Crippen LogP contribution in [0.2, 0.25) is 0 Å². The lowest BCUT2D eigenvalue weighted by Crippen LogP contribution is -2.46. The smallest absolute Gasteiger partial charge is 0.307 e. The molecule has 1 aromatic rings. The third-order valence-corrected chi connectivity index (χ3v) is 3.88. The lowest BCUT2D eigenvalue weighted by atomic mass is 10.0. The van der Waals surface area contributed by atoms with Crippen LogP contribution in [0, 0.1) is 16.0 Å². The molecule has 1 atom stereocenters. The summed E-state index contributed by atoms with van der Waals surface area (Å²) in [5.74, 6) is 0.187. The number of carbonyl (C=O) groups excluding carboxylic acids is 1. The van der Waals surface area contributed by atoms with Crippen LogP contribution in [0.15, 0.2) is 12.4 Å². The van der Waals surface area contributed by atoms with Crippen molar-refractivity contribution in [1.29, 1.82) is 0 Å². The van der Waals surface area contributed by atoms with Crippen LogP contribution in [0.3, 0.4) is 0 Å². The second-order valence-corrected chi connectivity index (χ2v) is 6.38. The van der Waals surface area contributed by atoms with Gasteiger partial charge in [0, 0.05) is 19.6 Å². The summed E-state index contributed by atoms with van der Waals surface area (Å²) >= 11 is 0. The first-order valence-electron chi connectivity index (χ1n) is 7.28. The number of carbonyl (C=O) groups is 1. The van der Waals surface area contributed by atoms with Crippen molar-refractivity contribution in [2.45, 2.75) is 45.7 Å². The molecule has 8 heteroatoms. The maximum Gasteiger partial charge on any atom is 0.307 e. The highest BCUT2D eigenvalue weighted by molar-refractivity contribution is 5.83. The van der Waals surface area contributed by atoms with Crippen molar-refractivity contribution in [2.75, 3.05) is 13.6 Å². The third-order valence-electron chi connectivity index (χ3n) is 3.88. The van der Waals surface area contributed by atoms with Crippen LogP contribution in [-0.4, -0.2) is 45.1 Å². The van der Waals surface area contributed by atoms with E-state index in [0.29, 0.717) is 18.9 Å². The minimum atomic E-state index is -0.995. The van der Waals surface area contributed by atoms with Crippen molar-refractivity contribution in [3.8, 4) is 0 Å². The molecule has 1 amide bonds. The summed E-state index contributed by atoms with van der Waals surface area (Å²) in [5.41, 5.74) is 4.86. The van der Waals surface area contributed by atoms with Crippen molar-refractivity contribution in [3.63, 3.8) is 0 Å². The Hall–Kier alpha value is -1.96.